The molecule has 0 fully saturated rings. The van der Waals surface area contributed by atoms with Gasteiger partial charge >= 0.3 is 5.97 Å². The van der Waals surface area contributed by atoms with Crippen LogP contribution in [0.1, 0.15) is 49.4 Å². The Balaban J connectivity index is 1.64. The number of aliphatic hydroxyl groups is 1. The molecule has 0 bridgehead atoms. The van der Waals surface area contributed by atoms with Crippen LogP contribution in [0.3, 0.4) is 0 Å². The summed E-state index contributed by atoms with van der Waals surface area (Å²) in [6.07, 6.45) is 3.39. The van der Waals surface area contributed by atoms with Crippen LogP contribution in [0.15, 0.2) is 4.79 Å². The fourth-order valence-electron chi connectivity index (χ4n) is 3.67. The van der Waals surface area contributed by atoms with Crippen molar-refractivity contribution >= 4 is 27.5 Å². The molecule has 0 amide bonds. The van der Waals surface area contributed by atoms with Gasteiger partial charge in [-0.05, 0) is 44.2 Å². The lowest BCUT2D eigenvalue weighted by Crippen LogP contribution is -2.33. The summed E-state index contributed by atoms with van der Waals surface area (Å²) in [4.78, 5) is 35.6. The number of H-pyrrole nitrogens is 1. The third-order valence-electron chi connectivity index (χ3n) is 5.05. The Hall–Kier alpha value is -1.77. The van der Waals surface area contributed by atoms with Crippen LogP contribution >= 0.6 is 11.3 Å². The summed E-state index contributed by atoms with van der Waals surface area (Å²) in [7, 11) is 1.84. The smallest absolute Gasteiger partial charge is 0.305 e. The summed E-state index contributed by atoms with van der Waals surface area (Å²) in [5.41, 5.74) is 1.10. The van der Waals surface area contributed by atoms with Crippen molar-refractivity contribution in [3.05, 3.63) is 26.6 Å². The molecule has 0 aromatic carbocycles. The van der Waals surface area contributed by atoms with E-state index in [-0.39, 0.29) is 18.1 Å². The molecule has 0 saturated carbocycles. The van der Waals surface area contributed by atoms with Gasteiger partial charge in [0.15, 0.2) is 0 Å². The van der Waals surface area contributed by atoms with Crippen LogP contribution in [0.25, 0.3) is 10.2 Å². The third-order valence-corrected chi connectivity index (χ3v) is 6.20. The lowest BCUT2D eigenvalue weighted by atomic mass is 9.89. The molecule has 0 spiro atoms. The normalized spacial score (nSPS) is 17.7. The zero-order valence-corrected chi connectivity index (χ0v) is 17.6. The number of carbonyl (C=O) groups excluding carboxylic acids is 1. The second-order valence-electron chi connectivity index (χ2n) is 7.83. The first-order valence-corrected chi connectivity index (χ1v) is 10.7. The van der Waals surface area contributed by atoms with E-state index in [2.05, 4.69) is 16.9 Å². The quantitative estimate of drug-likeness (QED) is 0.652. The van der Waals surface area contributed by atoms with E-state index in [9.17, 15) is 14.7 Å². The average molecular weight is 408 g/mol. The number of likely N-dealkylation sites (N-methyl/N-ethyl adjacent to an activating group) is 1. The standard InChI is InChI=1S/C20H29N3O4S/c1-4-5-17(25)27-11-13(24)9-23(3)10-16-21-19(26)18-14-7-6-12(2)8-15(14)28-20(18)22-16/h12-13,24H,4-11H2,1-3H3,(H,21,22,26)/t12-,13-/m0/s1. The van der Waals surface area contributed by atoms with Crippen LogP contribution < -0.4 is 5.56 Å². The van der Waals surface area contributed by atoms with E-state index in [1.165, 1.54) is 10.4 Å². The Kier molecular flexibility index (Phi) is 6.85. The first kappa shape index (κ1) is 21.0. The predicted octanol–water partition coefficient (Wildman–Crippen LogP) is 2.25. The van der Waals surface area contributed by atoms with Gasteiger partial charge in [-0.25, -0.2) is 4.98 Å². The number of aliphatic hydroxyl groups excluding tert-OH is 1. The van der Waals surface area contributed by atoms with Crippen molar-refractivity contribution in [2.24, 2.45) is 5.92 Å². The van der Waals surface area contributed by atoms with Crippen molar-refractivity contribution in [3.8, 4) is 0 Å². The second kappa shape index (κ2) is 9.15. The Morgan fingerprint density at radius 3 is 3.04 bits per heavy atom. The number of ether oxygens (including phenoxy) is 1. The van der Waals surface area contributed by atoms with Crippen molar-refractivity contribution in [3.63, 3.8) is 0 Å². The summed E-state index contributed by atoms with van der Waals surface area (Å²) in [6.45, 7) is 4.85. The molecule has 0 aliphatic heterocycles. The Labute approximate surface area is 168 Å². The fraction of sp³-hybridized carbons (Fsp3) is 0.650. The van der Waals surface area contributed by atoms with Crippen molar-refractivity contribution in [2.75, 3.05) is 20.2 Å². The van der Waals surface area contributed by atoms with E-state index in [4.69, 9.17) is 4.74 Å². The molecule has 2 atom stereocenters. The highest BCUT2D eigenvalue weighted by atomic mass is 32.1. The van der Waals surface area contributed by atoms with Crippen LogP contribution in [0.2, 0.25) is 0 Å². The minimum atomic E-state index is -0.781. The van der Waals surface area contributed by atoms with Crippen molar-refractivity contribution in [2.45, 2.75) is 58.6 Å². The average Bonchev–Trinajstić information content (AvgIpc) is 2.97. The van der Waals surface area contributed by atoms with E-state index < -0.39 is 6.10 Å². The van der Waals surface area contributed by atoms with Crippen molar-refractivity contribution in [1.29, 1.82) is 0 Å². The first-order valence-electron chi connectivity index (χ1n) is 9.93. The number of aromatic nitrogens is 2. The maximum absolute atomic E-state index is 12.6. The first-order chi connectivity index (χ1) is 13.4. The third kappa shape index (κ3) is 4.98. The molecular formula is C20H29N3O4S. The van der Waals surface area contributed by atoms with Gasteiger partial charge in [-0.2, -0.15) is 0 Å². The van der Waals surface area contributed by atoms with Gasteiger partial charge in [-0.15, -0.1) is 11.3 Å². The lowest BCUT2D eigenvalue weighted by Gasteiger charge is -2.20. The van der Waals surface area contributed by atoms with Gasteiger partial charge in [0.2, 0.25) is 0 Å². The number of aromatic amines is 1. The number of rotatable bonds is 8. The van der Waals surface area contributed by atoms with E-state index in [0.717, 1.165) is 35.9 Å². The summed E-state index contributed by atoms with van der Waals surface area (Å²) >= 11 is 1.63. The van der Waals surface area contributed by atoms with Gasteiger partial charge in [0, 0.05) is 17.8 Å². The molecule has 0 unspecified atom stereocenters. The van der Waals surface area contributed by atoms with Gasteiger partial charge < -0.3 is 14.8 Å². The molecule has 1 aliphatic rings. The maximum Gasteiger partial charge on any atom is 0.305 e. The number of carbonyl (C=O) groups is 1. The van der Waals surface area contributed by atoms with Crippen LogP contribution in [0.5, 0.6) is 0 Å². The SMILES string of the molecule is CCCC(=O)OC[C@@H](O)CN(C)Cc1nc2sc3c(c2c(=O)[nH]1)CC[C@H](C)C3. The molecule has 7 nitrogen and oxygen atoms in total. The Morgan fingerprint density at radius 1 is 1.50 bits per heavy atom. The van der Waals surface area contributed by atoms with E-state index in [0.29, 0.717) is 31.3 Å². The zero-order chi connectivity index (χ0) is 20.3. The van der Waals surface area contributed by atoms with E-state index in [1.54, 1.807) is 11.3 Å². The molecule has 2 aromatic heterocycles. The van der Waals surface area contributed by atoms with Crippen LogP contribution in [0.4, 0.5) is 0 Å². The monoisotopic (exact) mass is 407 g/mol. The van der Waals surface area contributed by atoms with Crippen LogP contribution in [-0.4, -0.2) is 52.2 Å². The molecular weight excluding hydrogens is 378 g/mol. The largest absolute Gasteiger partial charge is 0.463 e. The molecule has 8 heteroatoms. The molecule has 0 radical (unpaired) electrons. The van der Waals surface area contributed by atoms with Crippen molar-refractivity contribution in [1.82, 2.24) is 14.9 Å². The lowest BCUT2D eigenvalue weighted by molar-refractivity contribution is -0.147. The van der Waals surface area contributed by atoms with Gasteiger partial charge in [-0.1, -0.05) is 13.8 Å². The molecule has 2 aromatic rings. The molecule has 2 heterocycles. The highest BCUT2D eigenvalue weighted by molar-refractivity contribution is 7.18. The summed E-state index contributed by atoms with van der Waals surface area (Å²) in [5.74, 6) is 0.941. The van der Waals surface area contributed by atoms with E-state index >= 15 is 0 Å². The summed E-state index contributed by atoms with van der Waals surface area (Å²) in [5, 5.41) is 10.8. The second-order valence-corrected chi connectivity index (χ2v) is 8.91. The minimum absolute atomic E-state index is 0.0258. The van der Waals surface area contributed by atoms with Crippen LogP contribution in [0, 0.1) is 5.92 Å². The zero-order valence-electron chi connectivity index (χ0n) is 16.8. The summed E-state index contributed by atoms with van der Waals surface area (Å²) < 4.78 is 5.04. The number of aryl methyl sites for hydroxylation is 1. The minimum Gasteiger partial charge on any atom is -0.463 e. The Morgan fingerprint density at radius 2 is 2.29 bits per heavy atom. The number of hydrogen-bond acceptors (Lipinski definition) is 7. The number of esters is 1. The number of thiophene rings is 1. The van der Waals surface area contributed by atoms with Gasteiger partial charge in [0.25, 0.3) is 5.56 Å². The maximum atomic E-state index is 12.6. The number of fused-ring (bicyclic) bond motifs is 3. The highest BCUT2D eigenvalue weighted by Gasteiger charge is 2.23. The van der Waals surface area contributed by atoms with Crippen molar-refractivity contribution < 1.29 is 14.6 Å². The summed E-state index contributed by atoms with van der Waals surface area (Å²) in [6, 6.07) is 0. The van der Waals surface area contributed by atoms with Crippen LogP contribution in [-0.2, 0) is 28.9 Å². The van der Waals surface area contributed by atoms with Gasteiger partial charge in [0.05, 0.1) is 11.9 Å². The fourth-order valence-corrected chi connectivity index (χ4v) is 5.07. The molecule has 3 rings (SSSR count). The predicted molar refractivity (Wildman–Crippen MR) is 110 cm³/mol. The van der Waals surface area contributed by atoms with Gasteiger partial charge in [0.1, 0.15) is 23.4 Å². The number of hydrogen-bond donors (Lipinski definition) is 2. The molecule has 1 aliphatic carbocycles. The topological polar surface area (TPSA) is 95.5 Å². The molecule has 154 valence electrons. The molecule has 28 heavy (non-hydrogen) atoms. The highest BCUT2D eigenvalue weighted by Crippen LogP contribution is 2.35. The molecule has 0 saturated heterocycles. The number of nitrogens with zero attached hydrogens (tertiary/aromatic N) is 2. The molecule has 2 N–H and O–H groups in total. The van der Waals surface area contributed by atoms with E-state index in [1.807, 2.05) is 18.9 Å². The number of nitrogens with one attached hydrogen (secondary N) is 1. The Bertz CT molecular complexity index is 891. The van der Waals surface area contributed by atoms with Gasteiger partial charge in [-0.3, -0.25) is 14.5 Å².